The fourth-order valence-corrected chi connectivity index (χ4v) is 5.25. The van der Waals surface area contributed by atoms with E-state index in [9.17, 15) is 33.8 Å². The molecule has 1 fully saturated rings. The lowest BCUT2D eigenvalue weighted by Crippen LogP contribution is -2.43. The molecule has 18 heteroatoms. The van der Waals surface area contributed by atoms with Crippen molar-refractivity contribution in [3.63, 3.8) is 0 Å². The van der Waals surface area contributed by atoms with Crippen LogP contribution < -0.4 is 11.2 Å². The second kappa shape index (κ2) is 9.76. The van der Waals surface area contributed by atoms with Gasteiger partial charge >= 0.3 is 21.3 Å². The molecule has 0 bridgehead atoms. The smallest absolute Gasteiger partial charge is 0.387 e. The van der Waals surface area contributed by atoms with E-state index in [2.05, 4.69) is 14.0 Å². The van der Waals surface area contributed by atoms with Crippen molar-refractivity contribution in [1.29, 1.82) is 0 Å². The molecule has 2 unspecified atom stereocenters. The number of aromatic nitrogens is 3. The average Bonchev–Trinajstić information content (AvgIpc) is 3.28. The van der Waals surface area contributed by atoms with Gasteiger partial charge in [0.15, 0.2) is 11.8 Å². The number of aryl methyl sites for hydroxylation is 1. The van der Waals surface area contributed by atoms with E-state index in [-0.39, 0.29) is 6.54 Å². The van der Waals surface area contributed by atoms with Gasteiger partial charge in [0.05, 0.1) is 13.2 Å². The molecule has 3 aromatic rings. The number of phosphoric acid groups is 2. The molecule has 0 radical (unpaired) electrons. The van der Waals surface area contributed by atoms with Crippen LogP contribution in [0.2, 0.25) is 0 Å². The van der Waals surface area contributed by atoms with Gasteiger partial charge in [-0.2, -0.15) is 4.31 Å². The predicted octanol–water partition coefficient (Wildman–Crippen LogP) is -0.647. The summed E-state index contributed by atoms with van der Waals surface area (Å²) in [6, 6.07) is 6.29. The number of phosphoric ester groups is 1. The van der Waals surface area contributed by atoms with Crippen molar-refractivity contribution in [1.82, 2.24) is 14.3 Å². The Balaban J connectivity index is 1.57. The minimum Gasteiger partial charge on any atom is -0.387 e. The van der Waals surface area contributed by atoms with Gasteiger partial charge in [0.2, 0.25) is 0 Å². The van der Waals surface area contributed by atoms with E-state index in [1.807, 2.05) is 6.92 Å². The van der Waals surface area contributed by atoms with Crippen molar-refractivity contribution in [3.8, 4) is 0 Å². The molecular weight excluding hydrogens is 528 g/mol. The number of benzene rings is 1. The number of hydrogen-bond donors (Lipinski definition) is 5. The van der Waals surface area contributed by atoms with E-state index < -0.39 is 58.0 Å². The lowest BCUT2D eigenvalue weighted by atomic mass is 10.1. The van der Waals surface area contributed by atoms with Crippen LogP contribution in [0.15, 0.2) is 44.6 Å². The number of rotatable bonds is 8. The number of nitrogens with zero attached hydrogens (tertiary/aromatic N) is 3. The summed E-state index contributed by atoms with van der Waals surface area (Å²) in [6.45, 7) is 0.632. The van der Waals surface area contributed by atoms with Crippen LogP contribution in [0, 0.1) is 6.92 Å². The van der Waals surface area contributed by atoms with E-state index >= 15 is 0 Å². The quantitative estimate of drug-likeness (QED) is 0.220. The first-order valence-electron chi connectivity index (χ1n) is 10.2. The highest BCUT2D eigenvalue weighted by Gasteiger charge is 2.46. The van der Waals surface area contributed by atoms with Crippen LogP contribution in [0.3, 0.4) is 0 Å². The summed E-state index contributed by atoms with van der Waals surface area (Å²) >= 11 is 0. The predicted molar refractivity (Wildman–Crippen MR) is 118 cm³/mol. The van der Waals surface area contributed by atoms with Gasteiger partial charge in [-0.15, -0.1) is 0 Å². The van der Waals surface area contributed by atoms with Crippen LogP contribution >= 0.6 is 15.6 Å². The summed E-state index contributed by atoms with van der Waals surface area (Å²) < 4.78 is 42.7. The molecule has 16 nitrogen and oxygen atoms in total. The van der Waals surface area contributed by atoms with Crippen LogP contribution in [0.1, 0.15) is 17.5 Å². The largest absolute Gasteiger partial charge is 0.481 e. The second-order valence-corrected chi connectivity index (χ2v) is 10.8. The molecule has 0 saturated carbocycles. The number of ether oxygens (including phenoxy) is 1. The van der Waals surface area contributed by atoms with Crippen LogP contribution in [-0.4, -0.2) is 64.1 Å². The molecule has 5 N–H and O–H groups in total. The van der Waals surface area contributed by atoms with E-state index in [4.69, 9.17) is 19.0 Å². The van der Waals surface area contributed by atoms with Gasteiger partial charge < -0.3 is 34.2 Å². The number of fused-ring (bicyclic) bond motifs is 1. The molecule has 0 amide bonds. The van der Waals surface area contributed by atoms with Gasteiger partial charge in [-0.25, -0.2) is 13.9 Å². The Kier molecular flexibility index (Phi) is 7.20. The number of hydrogen-bond acceptors (Lipinski definition) is 11. The summed E-state index contributed by atoms with van der Waals surface area (Å²) in [5.41, 5.74) is 0.0489. The zero-order chi connectivity index (χ0) is 26.4. The minimum absolute atomic E-state index is 0.278. The molecule has 36 heavy (non-hydrogen) atoms. The maximum atomic E-state index is 13.1. The first kappa shape index (κ1) is 26.6. The number of aliphatic hydroxyl groups excluding tert-OH is 2. The maximum absolute atomic E-state index is 13.1. The molecule has 0 spiro atoms. The van der Waals surface area contributed by atoms with Gasteiger partial charge in [-0.05, 0) is 24.6 Å². The summed E-state index contributed by atoms with van der Waals surface area (Å²) in [5.74, 6) is 0. The third-order valence-corrected chi connectivity index (χ3v) is 7.48. The van der Waals surface area contributed by atoms with Crippen molar-refractivity contribution >= 4 is 26.6 Å². The molecule has 1 aromatic carbocycles. The van der Waals surface area contributed by atoms with E-state index in [0.29, 0.717) is 16.7 Å². The molecule has 5 atom stereocenters. The Morgan fingerprint density at radius 3 is 2.53 bits per heavy atom. The monoisotopic (exact) mass is 549 g/mol. The third-order valence-electron chi connectivity index (χ3n) is 5.33. The minimum atomic E-state index is -5.38. The Hall–Kier alpha value is -2.49. The van der Waals surface area contributed by atoms with Crippen LogP contribution in [0.5, 0.6) is 0 Å². The average molecular weight is 549 g/mol. The highest BCUT2D eigenvalue weighted by atomic mass is 31.3. The molecule has 0 aliphatic carbocycles. The highest BCUT2D eigenvalue weighted by molar-refractivity contribution is 7.60. The fourth-order valence-electron chi connectivity index (χ4n) is 3.65. The van der Waals surface area contributed by atoms with E-state index in [0.717, 1.165) is 27.0 Å². The van der Waals surface area contributed by atoms with Crippen molar-refractivity contribution in [2.75, 3.05) is 6.61 Å². The van der Waals surface area contributed by atoms with Crippen molar-refractivity contribution < 1.29 is 52.1 Å². The fraction of sp³-hybridized carbons (Fsp3) is 0.389. The van der Waals surface area contributed by atoms with Crippen molar-refractivity contribution in [2.24, 2.45) is 0 Å². The second-order valence-electron chi connectivity index (χ2n) is 7.94. The number of aliphatic hydroxyl groups is 2. The first-order chi connectivity index (χ1) is 16.8. The normalized spacial score (nSPS) is 24.3. The molecular formula is C18H21N3O13P2. The zero-order valence-corrected chi connectivity index (χ0v) is 20.1. The molecule has 3 heterocycles. The molecule has 1 aliphatic rings. The summed E-state index contributed by atoms with van der Waals surface area (Å²) in [4.78, 5) is 52.2. The van der Waals surface area contributed by atoms with E-state index in [1.165, 1.54) is 0 Å². The molecule has 2 aromatic heterocycles. The van der Waals surface area contributed by atoms with Crippen molar-refractivity contribution in [2.45, 2.75) is 38.0 Å². The summed E-state index contributed by atoms with van der Waals surface area (Å²) in [7, 11) is -10.6. The van der Waals surface area contributed by atoms with Gasteiger partial charge in [0, 0.05) is 17.6 Å². The molecule has 1 aliphatic heterocycles. The standard InChI is InChI=1S/C18H21N3O13P2/c1-9-2-3-10-11(19-33-12(10)6-9)7-21-14(22)4-5-20(18(21)25)17-16(24)15(23)13(32-17)8-31-36(29,30)34-35(26,27)28/h2-6,13,15-17,23-24H,7-8H2,1H3,(H,29,30)(H2,26,27,28)/t13-,15+,16?,17-/m1/s1. The van der Waals surface area contributed by atoms with Crippen LogP contribution in [-0.2, 0) is 29.2 Å². The van der Waals surface area contributed by atoms with Crippen molar-refractivity contribution in [3.05, 3.63) is 62.6 Å². The Morgan fingerprint density at radius 2 is 1.83 bits per heavy atom. The summed E-state index contributed by atoms with van der Waals surface area (Å²) in [6.07, 6.45) is -5.53. The molecule has 196 valence electrons. The topological polar surface area (TPSA) is 233 Å². The third kappa shape index (κ3) is 5.58. The maximum Gasteiger partial charge on any atom is 0.481 e. The molecule has 4 rings (SSSR count). The van der Waals surface area contributed by atoms with Crippen LogP contribution in [0.25, 0.3) is 11.0 Å². The summed E-state index contributed by atoms with van der Waals surface area (Å²) in [5, 5.41) is 25.2. The Morgan fingerprint density at radius 1 is 1.11 bits per heavy atom. The van der Waals surface area contributed by atoms with Crippen LogP contribution in [0.4, 0.5) is 0 Å². The van der Waals surface area contributed by atoms with Gasteiger partial charge in [0.1, 0.15) is 24.0 Å². The van der Waals surface area contributed by atoms with Gasteiger partial charge in [-0.3, -0.25) is 18.5 Å². The van der Waals surface area contributed by atoms with Gasteiger partial charge in [0.25, 0.3) is 5.56 Å². The molecule has 1 saturated heterocycles. The first-order valence-corrected chi connectivity index (χ1v) is 13.2. The van der Waals surface area contributed by atoms with Gasteiger partial charge in [-0.1, -0.05) is 11.2 Å². The lowest BCUT2D eigenvalue weighted by Gasteiger charge is -2.19. The van der Waals surface area contributed by atoms with E-state index in [1.54, 1.807) is 18.2 Å². The Labute approximate surface area is 200 Å². The zero-order valence-electron chi connectivity index (χ0n) is 18.3. The SMILES string of the molecule is Cc1ccc2c(Cn3c(=O)ccn([C@@H]4O[C@H](COP(=O)(O)OP(=O)(O)O)[C@H](O)C4O)c3=O)noc2c1. The lowest BCUT2D eigenvalue weighted by molar-refractivity contribution is -0.0547. The Bertz CT molecular complexity index is 1490. The highest BCUT2D eigenvalue weighted by Crippen LogP contribution is 2.57.